The maximum absolute atomic E-state index is 12.9. The van der Waals surface area contributed by atoms with Crippen molar-refractivity contribution in [2.45, 2.75) is 31.5 Å². The van der Waals surface area contributed by atoms with Crippen LogP contribution in [-0.2, 0) is 0 Å². The maximum Gasteiger partial charge on any atom is 0.251 e. The van der Waals surface area contributed by atoms with E-state index in [-0.39, 0.29) is 11.9 Å². The Hall–Kier alpha value is -1.45. The smallest absolute Gasteiger partial charge is 0.251 e. The standard InChI is InChI=1S/C11H13FN2O/c12-9-1-2-10(7-9)14-11(15)8-3-5-13-6-4-8/h3-6,9-10H,1-2,7H2,(H,14,15)/t9-,10+/m1/s1. The predicted octanol–water partition coefficient (Wildman–Crippen LogP) is 1.70. The number of carbonyl (C=O) groups is 1. The Bertz CT molecular complexity index is 342. The number of rotatable bonds is 2. The van der Waals surface area contributed by atoms with Gasteiger partial charge in [-0.3, -0.25) is 9.78 Å². The van der Waals surface area contributed by atoms with E-state index in [0.717, 1.165) is 6.42 Å². The Kier molecular flexibility index (Phi) is 2.94. The summed E-state index contributed by atoms with van der Waals surface area (Å²) in [7, 11) is 0. The number of amides is 1. The third kappa shape index (κ3) is 2.52. The van der Waals surface area contributed by atoms with Crippen molar-refractivity contribution in [3.05, 3.63) is 30.1 Å². The fourth-order valence-electron chi connectivity index (χ4n) is 1.83. The minimum absolute atomic E-state index is 0.0133. The first kappa shape index (κ1) is 10.1. The van der Waals surface area contributed by atoms with Gasteiger partial charge in [0.1, 0.15) is 6.17 Å². The predicted molar refractivity (Wildman–Crippen MR) is 54.2 cm³/mol. The molecular weight excluding hydrogens is 195 g/mol. The van der Waals surface area contributed by atoms with Crippen molar-refractivity contribution in [2.75, 3.05) is 0 Å². The lowest BCUT2D eigenvalue weighted by molar-refractivity contribution is 0.0936. The highest BCUT2D eigenvalue weighted by atomic mass is 19.1. The van der Waals surface area contributed by atoms with Crippen molar-refractivity contribution in [1.82, 2.24) is 10.3 Å². The molecule has 1 aliphatic rings. The second-order valence-electron chi connectivity index (χ2n) is 3.82. The zero-order chi connectivity index (χ0) is 10.7. The number of alkyl halides is 1. The summed E-state index contributed by atoms with van der Waals surface area (Å²) >= 11 is 0. The van der Waals surface area contributed by atoms with Crippen molar-refractivity contribution in [1.29, 1.82) is 0 Å². The topological polar surface area (TPSA) is 42.0 Å². The molecule has 4 heteroatoms. The average Bonchev–Trinajstić information content (AvgIpc) is 2.65. The quantitative estimate of drug-likeness (QED) is 0.803. The van der Waals surface area contributed by atoms with Crippen LogP contribution in [0.5, 0.6) is 0 Å². The van der Waals surface area contributed by atoms with Crippen molar-refractivity contribution in [3.8, 4) is 0 Å². The summed E-state index contributed by atoms with van der Waals surface area (Å²) in [4.78, 5) is 15.5. The van der Waals surface area contributed by atoms with E-state index in [1.165, 1.54) is 0 Å². The van der Waals surface area contributed by atoms with Crippen LogP contribution in [0.1, 0.15) is 29.6 Å². The number of pyridine rings is 1. The van der Waals surface area contributed by atoms with Crippen molar-refractivity contribution in [3.63, 3.8) is 0 Å². The van der Waals surface area contributed by atoms with E-state index in [2.05, 4.69) is 10.3 Å². The summed E-state index contributed by atoms with van der Waals surface area (Å²) in [5.74, 6) is -0.142. The molecule has 2 rings (SSSR count). The van der Waals surface area contributed by atoms with Gasteiger partial charge >= 0.3 is 0 Å². The van der Waals surface area contributed by atoms with Gasteiger partial charge in [-0.05, 0) is 31.4 Å². The first-order valence-corrected chi connectivity index (χ1v) is 5.10. The molecule has 1 N–H and O–H groups in total. The van der Waals surface area contributed by atoms with Gasteiger partial charge in [-0.25, -0.2) is 4.39 Å². The SMILES string of the molecule is O=C(N[C@H]1CC[C@@H](F)C1)c1ccncc1. The number of nitrogens with one attached hydrogen (secondary N) is 1. The molecule has 1 saturated carbocycles. The molecule has 0 bridgehead atoms. The zero-order valence-electron chi connectivity index (χ0n) is 8.32. The van der Waals surface area contributed by atoms with Gasteiger partial charge < -0.3 is 5.32 Å². The first-order chi connectivity index (χ1) is 7.25. The second-order valence-corrected chi connectivity index (χ2v) is 3.82. The van der Waals surface area contributed by atoms with Crippen LogP contribution in [-0.4, -0.2) is 23.1 Å². The van der Waals surface area contributed by atoms with E-state index in [1.807, 2.05) is 0 Å². The molecule has 80 valence electrons. The molecule has 1 aliphatic carbocycles. The van der Waals surface area contributed by atoms with Crippen LogP contribution in [0.4, 0.5) is 4.39 Å². The van der Waals surface area contributed by atoms with E-state index in [1.54, 1.807) is 24.5 Å². The second kappa shape index (κ2) is 4.38. The highest BCUT2D eigenvalue weighted by Crippen LogP contribution is 2.21. The molecule has 1 fully saturated rings. The fourth-order valence-corrected chi connectivity index (χ4v) is 1.83. The minimum atomic E-state index is -0.757. The van der Waals surface area contributed by atoms with Crippen LogP contribution >= 0.6 is 0 Å². The third-order valence-electron chi connectivity index (χ3n) is 2.65. The molecule has 1 heterocycles. The summed E-state index contributed by atoms with van der Waals surface area (Å²) in [6, 6.07) is 3.29. The van der Waals surface area contributed by atoms with E-state index in [0.29, 0.717) is 18.4 Å². The highest BCUT2D eigenvalue weighted by molar-refractivity contribution is 5.94. The zero-order valence-corrected chi connectivity index (χ0v) is 8.32. The number of hydrogen-bond donors (Lipinski definition) is 1. The first-order valence-electron chi connectivity index (χ1n) is 5.10. The molecule has 0 aliphatic heterocycles. The van der Waals surface area contributed by atoms with E-state index in [9.17, 15) is 9.18 Å². The average molecular weight is 208 g/mol. The Balaban J connectivity index is 1.93. The minimum Gasteiger partial charge on any atom is -0.349 e. The molecule has 0 radical (unpaired) electrons. The Morgan fingerprint density at radius 3 is 2.73 bits per heavy atom. The molecule has 0 unspecified atom stereocenters. The van der Waals surface area contributed by atoms with Crippen molar-refractivity contribution >= 4 is 5.91 Å². The lowest BCUT2D eigenvalue weighted by Gasteiger charge is -2.11. The van der Waals surface area contributed by atoms with E-state index in [4.69, 9.17) is 0 Å². The normalized spacial score (nSPS) is 25.1. The van der Waals surface area contributed by atoms with Crippen LogP contribution in [0, 0.1) is 0 Å². The molecule has 0 spiro atoms. The summed E-state index contributed by atoms with van der Waals surface area (Å²) in [6.45, 7) is 0. The summed E-state index contributed by atoms with van der Waals surface area (Å²) in [5, 5.41) is 2.82. The largest absolute Gasteiger partial charge is 0.349 e. The maximum atomic E-state index is 12.9. The van der Waals surface area contributed by atoms with Gasteiger partial charge in [0, 0.05) is 24.0 Å². The molecule has 0 saturated heterocycles. The highest BCUT2D eigenvalue weighted by Gasteiger charge is 2.25. The van der Waals surface area contributed by atoms with Crippen molar-refractivity contribution < 1.29 is 9.18 Å². The Labute approximate surface area is 87.7 Å². The molecular formula is C11H13FN2O. The third-order valence-corrected chi connectivity index (χ3v) is 2.65. The van der Waals surface area contributed by atoms with E-state index >= 15 is 0 Å². The summed E-state index contributed by atoms with van der Waals surface area (Å²) < 4.78 is 12.9. The molecule has 1 aromatic heterocycles. The van der Waals surface area contributed by atoms with Crippen LogP contribution < -0.4 is 5.32 Å². The fraction of sp³-hybridized carbons (Fsp3) is 0.455. The number of carbonyl (C=O) groups excluding carboxylic acids is 1. The number of hydrogen-bond acceptors (Lipinski definition) is 2. The van der Waals surface area contributed by atoms with Gasteiger partial charge in [0.25, 0.3) is 5.91 Å². The van der Waals surface area contributed by atoms with Crippen LogP contribution in [0.25, 0.3) is 0 Å². The molecule has 3 nitrogen and oxygen atoms in total. The molecule has 2 atom stereocenters. The van der Waals surface area contributed by atoms with Crippen LogP contribution in [0.3, 0.4) is 0 Å². The van der Waals surface area contributed by atoms with Gasteiger partial charge in [-0.2, -0.15) is 0 Å². The monoisotopic (exact) mass is 208 g/mol. The van der Waals surface area contributed by atoms with Gasteiger partial charge in [0.05, 0.1) is 0 Å². The molecule has 0 aromatic carbocycles. The Morgan fingerprint density at radius 1 is 1.40 bits per heavy atom. The lowest BCUT2D eigenvalue weighted by Crippen LogP contribution is -2.33. The molecule has 1 amide bonds. The number of aromatic nitrogens is 1. The number of halogens is 1. The van der Waals surface area contributed by atoms with Gasteiger partial charge in [0.15, 0.2) is 0 Å². The summed E-state index contributed by atoms with van der Waals surface area (Å²) in [5.41, 5.74) is 0.576. The van der Waals surface area contributed by atoms with Gasteiger partial charge in [-0.1, -0.05) is 0 Å². The Morgan fingerprint density at radius 2 is 2.13 bits per heavy atom. The lowest BCUT2D eigenvalue weighted by atomic mass is 10.2. The molecule has 1 aromatic rings. The summed E-state index contributed by atoms with van der Waals surface area (Å²) in [6.07, 6.45) is 4.12. The number of nitrogens with zero attached hydrogens (tertiary/aromatic N) is 1. The molecule has 15 heavy (non-hydrogen) atoms. The van der Waals surface area contributed by atoms with Gasteiger partial charge in [0.2, 0.25) is 0 Å². The van der Waals surface area contributed by atoms with Crippen LogP contribution in [0.2, 0.25) is 0 Å². The van der Waals surface area contributed by atoms with Crippen LogP contribution in [0.15, 0.2) is 24.5 Å². The van der Waals surface area contributed by atoms with Crippen molar-refractivity contribution in [2.24, 2.45) is 0 Å². The van der Waals surface area contributed by atoms with Gasteiger partial charge in [-0.15, -0.1) is 0 Å². The van der Waals surface area contributed by atoms with E-state index < -0.39 is 6.17 Å².